The van der Waals surface area contributed by atoms with Crippen LogP contribution < -0.4 is 11.1 Å². The van der Waals surface area contributed by atoms with Crippen LogP contribution in [0.5, 0.6) is 0 Å². The Bertz CT molecular complexity index is 457. The van der Waals surface area contributed by atoms with Crippen LogP contribution in [0.4, 0.5) is 0 Å². The van der Waals surface area contributed by atoms with Gasteiger partial charge in [-0.05, 0) is 29.7 Å². The van der Waals surface area contributed by atoms with Crippen LogP contribution >= 0.6 is 0 Å². The lowest BCUT2D eigenvalue weighted by Gasteiger charge is -2.20. The number of primary amides is 1. The highest BCUT2D eigenvalue weighted by Gasteiger charge is 2.22. The molecule has 2 unspecified atom stereocenters. The molecule has 0 spiro atoms. The largest absolute Gasteiger partial charge is 0.368 e. The van der Waals surface area contributed by atoms with Crippen LogP contribution in [-0.4, -0.2) is 22.8 Å². The first-order valence-electron chi connectivity index (χ1n) is 6.22. The Hall–Kier alpha value is -2.17. The third-order valence-corrected chi connectivity index (χ3v) is 2.95. The molecule has 2 atom stereocenters. The molecule has 0 saturated heterocycles. The van der Waals surface area contributed by atoms with Crippen molar-refractivity contribution in [3.05, 3.63) is 36.2 Å². The summed E-state index contributed by atoms with van der Waals surface area (Å²) in [5.74, 6) is -0.836. The Labute approximate surface area is 112 Å². The van der Waals surface area contributed by atoms with E-state index >= 15 is 0 Å². The van der Waals surface area contributed by atoms with Crippen molar-refractivity contribution >= 4 is 17.9 Å². The maximum atomic E-state index is 11.7. The molecule has 2 amide bonds. The van der Waals surface area contributed by atoms with Gasteiger partial charge in [0.25, 0.3) is 0 Å². The summed E-state index contributed by atoms with van der Waals surface area (Å²) in [4.78, 5) is 26.9. The van der Waals surface area contributed by atoms with Gasteiger partial charge in [-0.15, -0.1) is 0 Å². The molecule has 0 aliphatic carbocycles. The molecular weight excluding hydrogens is 242 g/mol. The van der Waals surface area contributed by atoms with Crippen molar-refractivity contribution < 1.29 is 9.59 Å². The first-order chi connectivity index (χ1) is 9.04. The van der Waals surface area contributed by atoms with E-state index < -0.39 is 11.9 Å². The van der Waals surface area contributed by atoms with E-state index in [2.05, 4.69) is 10.3 Å². The molecule has 0 fully saturated rings. The molecule has 19 heavy (non-hydrogen) atoms. The monoisotopic (exact) mass is 261 g/mol. The zero-order chi connectivity index (χ0) is 14.3. The number of rotatable bonds is 6. The van der Waals surface area contributed by atoms with Gasteiger partial charge < -0.3 is 11.1 Å². The summed E-state index contributed by atoms with van der Waals surface area (Å²) in [7, 11) is 0. The highest BCUT2D eigenvalue weighted by Crippen LogP contribution is 2.07. The first-order valence-corrected chi connectivity index (χ1v) is 6.22. The second-order valence-electron chi connectivity index (χ2n) is 4.39. The van der Waals surface area contributed by atoms with E-state index in [0.717, 1.165) is 12.0 Å². The van der Waals surface area contributed by atoms with Gasteiger partial charge in [-0.1, -0.05) is 20.3 Å². The van der Waals surface area contributed by atoms with Gasteiger partial charge in [-0.3, -0.25) is 14.6 Å². The van der Waals surface area contributed by atoms with E-state index in [1.807, 2.05) is 13.8 Å². The second kappa shape index (κ2) is 7.31. The maximum absolute atomic E-state index is 11.7. The van der Waals surface area contributed by atoms with E-state index in [1.165, 1.54) is 6.08 Å². The minimum Gasteiger partial charge on any atom is -0.368 e. The van der Waals surface area contributed by atoms with Gasteiger partial charge in [0.15, 0.2) is 0 Å². The van der Waals surface area contributed by atoms with Crippen LogP contribution in [0.15, 0.2) is 30.6 Å². The van der Waals surface area contributed by atoms with Crippen molar-refractivity contribution in [2.45, 2.75) is 26.3 Å². The number of nitrogens with one attached hydrogen (secondary N) is 1. The summed E-state index contributed by atoms with van der Waals surface area (Å²) in [6, 6.07) is 2.92. The zero-order valence-electron chi connectivity index (χ0n) is 11.2. The average Bonchev–Trinajstić information content (AvgIpc) is 2.42. The quantitative estimate of drug-likeness (QED) is 0.752. The number of hydrogen-bond acceptors (Lipinski definition) is 3. The Morgan fingerprint density at radius 3 is 2.58 bits per heavy atom. The molecule has 5 nitrogen and oxygen atoms in total. The molecular formula is C14H19N3O2. The number of carbonyl (C=O) groups is 2. The van der Waals surface area contributed by atoms with Crippen molar-refractivity contribution in [1.82, 2.24) is 10.3 Å². The zero-order valence-corrected chi connectivity index (χ0v) is 11.2. The molecule has 0 aromatic carbocycles. The molecule has 3 N–H and O–H groups in total. The molecule has 1 heterocycles. The Balaban J connectivity index is 2.63. The number of nitrogens with two attached hydrogens (primary N) is 1. The molecule has 1 aromatic heterocycles. The summed E-state index contributed by atoms with van der Waals surface area (Å²) in [6.07, 6.45) is 7.09. The molecule has 0 aliphatic heterocycles. The fourth-order valence-electron chi connectivity index (χ4n) is 1.58. The smallest absolute Gasteiger partial charge is 0.244 e. The minimum atomic E-state index is -0.639. The van der Waals surface area contributed by atoms with Gasteiger partial charge in [0.1, 0.15) is 6.04 Å². The third kappa shape index (κ3) is 4.91. The normalized spacial score (nSPS) is 14.0. The lowest BCUT2D eigenvalue weighted by molar-refractivity contribution is -0.126. The van der Waals surface area contributed by atoms with E-state index in [0.29, 0.717) is 0 Å². The lowest BCUT2D eigenvalue weighted by atomic mass is 9.98. The van der Waals surface area contributed by atoms with Crippen LogP contribution in [-0.2, 0) is 9.59 Å². The Morgan fingerprint density at radius 1 is 1.42 bits per heavy atom. The molecule has 102 valence electrons. The summed E-state index contributed by atoms with van der Waals surface area (Å²) >= 11 is 0. The second-order valence-corrected chi connectivity index (χ2v) is 4.39. The van der Waals surface area contributed by atoms with E-state index in [4.69, 9.17) is 5.73 Å². The standard InChI is InChI=1S/C14H19N3O2/c1-3-10(2)13(14(15)19)17-12(18)5-4-11-6-8-16-9-7-11/h4-10,13H,3H2,1-2H3,(H2,15,19)(H,17,18)/b5-4+. The van der Waals surface area contributed by atoms with Crippen molar-refractivity contribution in [2.75, 3.05) is 0 Å². The van der Waals surface area contributed by atoms with Gasteiger partial charge in [-0.2, -0.15) is 0 Å². The van der Waals surface area contributed by atoms with Gasteiger partial charge in [0, 0.05) is 18.5 Å². The first kappa shape index (κ1) is 14.9. The summed E-state index contributed by atoms with van der Waals surface area (Å²) in [5, 5.41) is 2.62. The van der Waals surface area contributed by atoms with Gasteiger partial charge in [-0.25, -0.2) is 0 Å². The summed E-state index contributed by atoms with van der Waals surface area (Å²) in [5.41, 5.74) is 6.15. The van der Waals surface area contributed by atoms with Crippen LogP contribution in [0.25, 0.3) is 6.08 Å². The predicted molar refractivity (Wildman–Crippen MR) is 73.9 cm³/mol. The number of carbonyl (C=O) groups excluding carboxylic acids is 2. The minimum absolute atomic E-state index is 0.00998. The number of pyridine rings is 1. The highest BCUT2D eigenvalue weighted by atomic mass is 16.2. The highest BCUT2D eigenvalue weighted by molar-refractivity contribution is 5.95. The van der Waals surface area contributed by atoms with E-state index in [-0.39, 0.29) is 11.8 Å². The topological polar surface area (TPSA) is 85.1 Å². The van der Waals surface area contributed by atoms with Crippen LogP contribution in [0, 0.1) is 5.92 Å². The molecule has 0 saturated carbocycles. The Morgan fingerprint density at radius 2 is 2.05 bits per heavy atom. The summed E-state index contributed by atoms with van der Waals surface area (Å²) in [6.45, 7) is 3.82. The van der Waals surface area contributed by atoms with Crippen molar-refractivity contribution in [3.63, 3.8) is 0 Å². The fourth-order valence-corrected chi connectivity index (χ4v) is 1.58. The predicted octanol–water partition coefficient (Wildman–Crippen LogP) is 1.11. The van der Waals surface area contributed by atoms with Gasteiger partial charge in [0.05, 0.1) is 0 Å². The number of hydrogen-bond donors (Lipinski definition) is 2. The maximum Gasteiger partial charge on any atom is 0.244 e. The summed E-state index contributed by atoms with van der Waals surface area (Å²) < 4.78 is 0. The van der Waals surface area contributed by atoms with Crippen molar-refractivity contribution in [3.8, 4) is 0 Å². The molecule has 1 rings (SSSR count). The lowest BCUT2D eigenvalue weighted by Crippen LogP contribution is -2.47. The van der Waals surface area contributed by atoms with Crippen LogP contribution in [0.3, 0.4) is 0 Å². The van der Waals surface area contributed by atoms with Gasteiger partial charge >= 0.3 is 0 Å². The Kier molecular flexibility index (Phi) is 5.73. The number of amides is 2. The molecule has 1 aromatic rings. The third-order valence-electron chi connectivity index (χ3n) is 2.95. The molecule has 5 heteroatoms. The molecule has 0 radical (unpaired) electrons. The fraction of sp³-hybridized carbons (Fsp3) is 0.357. The number of aromatic nitrogens is 1. The molecule has 0 aliphatic rings. The van der Waals surface area contributed by atoms with Crippen molar-refractivity contribution in [1.29, 1.82) is 0 Å². The van der Waals surface area contributed by atoms with Crippen LogP contribution in [0.2, 0.25) is 0 Å². The van der Waals surface area contributed by atoms with E-state index in [9.17, 15) is 9.59 Å². The SMILES string of the molecule is CCC(C)C(NC(=O)/C=C/c1ccncc1)C(N)=O. The number of nitrogens with zero attached hydrogens (tertiary/aromatic N) is 1. The van der Waals surface area contributed by atoms with Gasteiger partial charge in [0.2, 0.25) is 11.8 Å². The average molecular weight is 261 g/mol. The molecule has 0 bridgehead atoms. The van der Waals surface area contributed by atoms with Crippen LogP contribution in [0.1, 0.15) is 25.8 Å². The van der Waals surface area contributed by atoms with Crippen molar-refractivity contribution in [2.24, 2.45) is 11.7 Å². The van der Waals surface area contributed by atoms with E-state index in [1.54, 1.807) is 30.6 Å².